The number of rotatable bonds is 4. The summed E-state index contributed by atoms with van der Waals surface area (Å²) in [5.41, 5.74) is -0.302. The van der Waals surface area contributed by atoms with Crippen molar-refractivity contribution in [3.63, 3.8) is 0 Å². The molecule has 0 unspecified atom stereocenters. The van der Waals surface area contributed by atoms with Crippen LogP contribution in [-0.2, 0) is 0 Å². The third kappa shape index (κ3) is 3.06. The number of anilines is 1. The first-order valence-electron chi connectivity index (χ1n) is 5.32. The van der Waals surface area contributed by atoms with Crippen molar-refractivity contribution in [2.24, 2.45) is 0 Å². The summed E-state index contributed by atoms with van der Waals surface area (Å²) in [4.78, 5) is 18.1. The van der Waals surface area contributed by atoms with Gasteiger partial charge in [-0.25, -0.2) is 9.97 Å². The molecule has 104 valence electrons. The number of aromatic nitrogens is 2. The van der Waals surface area contributed by atoms with Crippen LogP contribution in [0.3, 0.4) is 0 Å². The number of nitro benzene ring substituents is 1. The summed E-state index contributed by atoms with van der Waals surface area (Å²) in [7, 11) is 1.67. The maximum atomic E-state index is 11.0. The second-order valence-corrected chi connectivity index (χ2v) is 4.40. The van der Waals surface area contributed by atoms with Gasteiger partial charge in [-0.1, -0.05) is 23.2 Å². The van der Waals surface area contributed by atoms with E-state index in [1.807, 2.05) is 0 Å². The van der Waals surface area contributed by atoms with Gasteiger partial charge in [-0.15, -0.1) is 0 Å². The molecule has 0 spiro atoms. The van der Waals surface area contributed by atoms with Crippen molar-refractivity contribution in [1.29, 1.82) is 0 Å². The molecule has 0 fully saturated rings. The SMILES string of the molecule is CNc1cc(Oc2cc(Cl)c(Cl)cc2[N+](=O)[O-])ncn1. The molecule has 1 aromatic carbocycles. The van der Waals surface area contributed by atoms with E-state index >= 15 is 0 Å². The van der Waals surface area contributed by atoms with Crippen LogP contribution in [0.2, 0.25) is 10.0 Å². The molecule has 0 bridgehead atoms. The number of hydrogen-bond acceptors (Lipinski definition) is 6. The molecule has 0 amide bonds. The van der Waals surface area contributed by atoms with E-state index in [1.54, 1.807) is 7.05 Å². The third-order valence-electron chi connectivity index (χ3n) is 2.31. The molecular weight excluding hydrogens is 307 g/mol. The largest absolute Gasteiger partial charge is 0.432 e. The van der Waals surface area contributed by atoms with Crippen LogP contribution >= 0.6 is 23.2 Å². The number of benzene rings is 1. The van der Waals surface area contributed by atoms with E-state index in [9.17, 15) is 10.1 Å². The van der Waals surface area contributed by atoms with Crippen LogP contribution in [0, 0.1) is 10.1 Å². The Hall–Kier alpha value is -2.12. The average molecular weight is 315 g/mol. The van der Waals surface area contributed by atoms with Gasteiger partial charge in [0.15, 0.2) is 0 Å². The monoisotopic (exact) mass is 314 g/mol. The zero-order chi connectivity index (χ0) is 14.7. The number of nitro groups is 1. The van der Waals surface area contributed by atoms with Crippen molar-refractivity contribution in [2.75, 3.05) is 12.4 Å². The summed E-state index contributed by atoms with van der Waals surface area (Å²) in [6.45, 7) is 0. The van der Waals surface area contributed by atoms with Crippen LogP contribution < -0.4 is 10.1 Å². The summed E-state index contributed by atoms with van der Waals surface area (Å²) >= 11 is 11.6. The van der Waals surface area contributed by atoms with Gasteiger partial charge in [0.1, 0.15) is 12.1 Å². The number of hydrogen-bond donors (Lipinski definition) is 1. The molecule has 0 saturated carbocycles. The van der Waals surface area contributed by atoms with Gasteiger partial charge >= 0.3 is 5.69 Å². The average Bonchev–Trinajstić information content (AvgIpc) is 2.42. The Bertz CT molecular complexity index is 666. The van der Waals surface area contributed by atoms with Crippen LogP contribution in [0.1, 0.15) is 0 Å². The van der Waals surface area contributed by atoms with Crippen LogP contribution in [-0.4, -0.2) is 21.9 Å². The minimum Gasteiger partial charge on any atom is -0.432 e. The molecular formula is C11H8Cl2N4O3. The Kier molecular flexibility index (Phi) is 4.21. The van der Waals surface area contributed by atoms with E-state index in [4.69, 9.17) is 27.9 Å². The normalized spacial score (nSPS) is 10.2. The van der Waals surface area contributed by atoms with Gasteiger partial charge in [-0.05, 0) is 0 Å². The fraction of sp³-hybridized carbons (Fsp3) is 0.0909. The Morgan fingerprint density at radius 1 is 1.25 bits per heavy atom. The zero-order valence-electron chi connectivity index (χ0n) is 10.1. The number of halogens is 2. The van der Waals surface area contributed by atoms with E-state index < -0.39 is 4.92 Å². The standard InChI is InChI=1S/C11H8Cl2N4O3/c1-14-10-4-11(16-5-15-10)20-9-3-7(13)6(12)2-8(9)17(18)19/h2-5H,1H3,(H,14,15,16). The van der Waals surface area contributed by atoms with Crippen molar-refractivity contribution in [2.45, 2.75) is 0 Å². The minimum atomic E-state index is -0.613. The van der Waals surface area contributed by atoms with E-state index in [-0.39, 0.29) is 27.4 Å². The van der Waals surface area contributed by atoms with Gasteiger partial charge in [-0.3, -0.25) is 10.1 Å². The van der Waals surface area contributed by atoms with E-state index in [2.05, 4.69) is 15.3 Å². The van der Waals surface area contributed by atoms with E-state index in [0.717, 1.165) is 6.07 Å². The van der Waals surface area contributed by atoms with Gasteiger partial charge < -0.3 is 10.1 Å². The van der Waals surface area contributed by atoms with Gasteiger partial charge in [0.25, 0.3) is 0 Å². The van der Waals surface area contributed by atoms with Crippen LogP contribution in [0.25, 0.3) is 0 Å². The van der Waals surface area contributed by atoms with Gasteiger partial charge in [0, 0.05) is 25.2 Å². The molecule has 0 aliphatic carbocycles. The highest BCUT2D eigenvalue weighted by atomic mass is 35.5. The fourth-order valence-corrected chi connectivity index (χ4v) is 1.70. The van der Waals surface area contributed by atoms with Crippen molar-refractivity contribution < 1.29 is 9.66 Å². The molecule has 0 atom stereocenters. The second kappa shape index (κ2) is 5.89. The maximum Gasteiger partial charge on any atom is 0.313 e. The number of nitrogens with one attached hydrogen (secondary N) is 1. The molecule has 1 aromatic heterocycles. The quantitative estimate of drug-likeness (QED) is 0.685. The summed E-state index contributed by atoms with van der Waals surface area (Å²) in [5.74, 6) is 0.605. The van der Waals surface area contributed by atoms with Gasteiger partial charge in [0.05, 0.1) is 15.0 Å². The summed E-state index contributed by atoms with van der Waals surface area (Å²) in [6, 6.07) is 3.88. The summed E-state index contributed by atoms with van der Waals surface area (Å²) in [6.07, 6.45) is 1.27. The molecule has 0 radical (unpaired) electrons. The molecule has 9 heteroatoms. The number of ether oxygens (including phenoxy) is 1. The van der Waals surface area contributed by atoms with Crippen molar-refractivity contribution >= 4 is 34.7 Å². The Morgan fingerprint density at radius 3 is 2.60 bits per heavy atom. The van der Waals surface area contributed by atoms with E-state index in [1.165, 1.54) is 18.5 Å². The Labute approximate surface area is 123 Å². The Balaban J connectivity index is 2.41. The lowest BCUT2D eigenvalue weighted by Crippen LogP contribution is -1.97. The molecule has 20 heavy (non-hydrogen) atoms. The first kappa shape index (κ1) is 14.3. The molecule has 1 N–H and O–H groups in total. The zero-order valence-corrected chi connectivity index (χ0v) is 11.6. The lowest BCUT2D eigenvalue weighted by Gasteiger charge is -2.07. The van der Waals surface area contributed by atoms with Crippen molar-refractivity contribution in [1.82, 2.24) is 9.97 Å². The predicted octanol–water partition coefficient (Wildman–Crippen LogP) is 3.53. The van der Waals surface area contributed by atoms with Crippen LogP contribution in [0.15, 0.2) is 24.5 Å². The fourth-order valence-electron chi connectivity index (χ4n) is 1.39. The molecule has 7 nitrogen and oxygen atoms in total. The van der Waals surface area contributed by atoms with E-state index in [0.29, 0.717) is 5.82 Å². The first-order valence-corrected chi connectivity index (χ1v) is 6.08. The molecule has 2 rings (SSSR count). The Morgan fingerprint density at radius 2 is 1.95 bits per heavy atom. The third-order valence-corrected chi connectivity index (χ3v) is 3.03. The summed E-state index contributed by atoms with van der Waals surface area (Å²) in [5, 5.41) is 14.0. The van der Waals surface area contributed by atoms with Crippen LogP contribution in [0.5, 0.6) is 11.6 Å². The highest BCUT2D eigenvalue weighted by Gasteiger charge is 2.19. The lowest BCUT2D eigenvalue weighted by atomic mass is 10.3. The van der Waals surface area contributed by atoms with Crippen molar-refractivity contribution in [3.8, 4) is 11.6 Å². The number of nitrogens with zero attached hydrogens (tertiary/aromatic N) is 3. The maximum absolute atomic E-state index is 11.0. The molecule has 0 saturated heterocycles. The lowest BCUT2D eigenvalue weighted by molar-refractivity contribution is -0.385. The second-order valence-electron chi connectivity index (χ2n) is 3.58. The molecule has 0 aliphatic rings. The summed E-state index contributed by atoms with van der Waals surface area (Å²) < 4.78 is 5.37. The smallest absolute Gasteiger partial charge is 0.313 e. The predicted molar refractivity (Wildman–Crippen MR) is 74.8 cm³/mol. The van der Waals surface area contributed by atoms with Gasteiger partial charge in [-0.2, -0.15) is 0 Å². The molecule has 0 aliphatic heterocycles. The molecule has 2 aromatic rings. The minimum absolute atomic E-state index is 0.0508. The molecule has 1 heterocycles. The van der Waals surface area contributed by atoms with Crippen molar-refractivity contribution in [3.05, 3.63) is 44.7 Å². The topological polar surface area (TPSA) is 90.2 Å². The highest BCUT2D eigenvalue weighted by molar-refractivity contribution is 6.42. The highest BCUT2D eigenvalue weighted by Crippen LogP contribution is 2.37. The first-order chi connectivity index (χ1) is 9.51. The van der Waals surface area contributed by atoms with Crippen LogP contribution in [0.4, 0.5) is 11.5 Å². The van der Waals surface area contributed by atoms with Gasteiger partial charge in [0.2, 0.25) is 11.6 Å².